The van der Waals surface area contributed by atoms with Crippen LogP contribution in [0.3, 0.4) is 0 Å². The summed E-state index contributed by atoms with van der Waals surface area (Å²) in [6, 6.07) is 15.9. The molecule has 2 aromatic carbocycles. The lowest BCUT2D eigenvalue weighted by Gasteiger charge is -2.32. The number of thiocarbonyl (C=S) groups is 1. The minimum absolute atomic E-state index is 0.0513. The van der Waals surface area contributed by atoms with Gasteiger partial charge in [0.2, 0.25) is 0 Å². The third kappa shape index (κ3) is 4.89. The van der Waals surface area contributed by atoms with Gasteiger partial charge in [-0.05, 0) is 73.8 Å². The first-order valence-electron chi connectivity index (χ1n) is 9.07. The van der Waals surface area contributed by atoms with E-state index < -0.39 is 0 Å². The molecule has 0 aromatic heterocycles. The molecule has 1 saturated carbocycles. The summed E-state index contributed by atoms with van der Waals surface area (Å²) < 4.78 is 5.19. The zero-order chi connectivity index (χ0) is 18.4. The van der Waals surface area contributed by atoms with Gasteiger partial charge in [-0.1, -0.05) is 42.6 Å². The van der Waals surface area contributed by atoms with E-state index in [-0.39, 0.29) is 5.54 Å². The Morgan fingerprint density at radius 3 is 2.46 bits per heavy atom. The number of anilines is 1. The summed E-state index contributed by atoms with van der Waals surface area (Å²) in [7, 11) is 1.66. The number of hydrogen-bond donors (Lipinski definition) is 2. The quantitative estimate of drug-likeness (QED) is 0.633. The zero-order valence-electron chi connectivity index (χ0n) is 15.1. The maximum absolute atomic E-state index is 6.32. The lowest BCUT2D eigenvalue weighted by atomic mass is 9.89. The first-order valence-corrected chi connectivity index (χ1v) is 9.85. The molecule has 2 aromatic rings. The third-order valence-electron chi connectivity index (χ3n) is 5.12. The normalized spacial score (nSPS) is 15.5. The van der Waals surface area contributed by atoms with E-state index in [1.807, 2.05) is 42.5 Å². The van der Waals surface area contributed by atoms with E-state index in [9.17, 15) is 0 Å². The number of halogens is 1. The van der Waals surface area contributed by atoms with Gasteiger partial charge in [0.25, 0.3) is 0 Å². The van der Waals surface area contributed by atoms with Gasteiger partial charge < -0.3 is 15.4 Å². The van der Waals surface area contributed by atoms with Crippen molar-refractivity contribution in [2.45, 2.75) is 44.1 Å². The van der Waals surface area contributed by atoms with Crippen LogP contribution >= 0.6 is 23.8 Å². The lowest BCUT2D eigenvalue weighted by molar-refractivity contribution is 0.362. The Balaban J connectivity index is 1.61. The van der Waals surface area contributed by atoms with Crippen LogP contribution in [0.1, 0.15) is 37.7 Å². The molecular formula is C21H25ClN2OS. The highest BCUT2D eigenvalue weighted by atomic mass is 35.5. The molecular weight excluding hydrogens is 364 g/mol. The van der Waals surface area contributed by atoms with Crippen molar-refractivity contribution in [1.29, 1.82) is 0 Å². The van der Waals surface area contributed by atoms with Crippen LogP contribution < -0.4 is 15.4 Å². The van der Waals surface area contributed by atoms with Gasteiger partial charge in [-0.25, -0.2) is 0 Å². The van der Waals surface area contributed by atoms with E-state index in [4.69, 9.17) is 28.6 Å². The fourth-order valence-corrected chi connectivity index (χ4v) is 4.21. The topological polar surface area (TPSA) is 33.3 Å². The Hall–Kier alpha value is -1.78. The molecule has 1 aliphatic carbocycles. The van der Waals surface area contributed by atoms with Crippen molar-refractivity contribution < 1.29 is 4.74 Å². The number of hydrogen-bond acceptors (Lipinski definition) is 2. The van der Waals surface area contributed by atoms with Crippen molar-refractivity contribution >= 4 is 34.6 Å². The molecule has 138 valence electrons. The highest BCUT2D eigenvalue weighted by Crippen LogP contribution is 2.34. The number of benzene rings is 2. The summed E-state index contributed by atoms with van der Waals surface area (Å²) in [5, 5.41) is 8.42. The van der Waals surface area contributed by atoms with Gasteiger partial charge in [-0.2, -0.15) is 0 Å². The number of methoxy groups -OCH3 is 1. The Morgan fingerprint density at radius 2 is 1.81 bits per heavy atom. The van der Waals surface area contributed by atoms with E-state index in [1.54, 1.807) is 7.11 Å². The summed E-state index contributed by atoms with van der Waals surface area (Å²) in [5.41, 5.74) is 2.22. The molecule has 2 N–H and O–H groups in total. The van der Waals surface area contributed by atoms with Gasteiger partial charge in [-0.3, -0.25) is 0 Å². The van der Waals surface area contributed by atoms with Crippen LogP contribution in [-0.2, 0) is 6.42 Å². The van der Waals surface area contributed by atoms with Crippen LogP contribution in [0.25, 0.3) is 0 Å². The number of ether oxygens (including phenoxy) is 1. The molecule has 1 fully saturated rings. The second-order valence-electron chi connectivity index (χ2n) is 6.89. The minimum Gasteiger partial charge on any atom is -0.497 e. The fraction of sp³-hybridized carbons (Fsp3) is 0.381. The van der Waals surface area contributed by atoms with E-state index in [1.165, 1.54) is 18.4 Å². The lowest BCUT2D eigenvalue weighted by Crippen LogP contribution is -2.48. The van der Waals surface area contributed by atoms with E-state index >= 15 is 0 Å². The molecule has 0 radical (unpaired) electrons. The molecule has 1 aliphatic rings. The standard InChI is InChI=1S/C21H25ClN2OS/c1-25-18-10-8-17(9-11-18)23-20(26)24-21(13-4-5-14-21)15-12-16-6-2-3-7-19(16)22/h2-3,6-11H,4-5,12-15H2,1H3,(H2,23,24,26). The molecule has 0 heterocycles. The van der Waals surface area contributed by atoms with Gasteiger partial charge >= 0.3 is 0 Å². The maximum atomic E-state index is 6.32. The molecule has 26 heavy (non-hydrogen) atoms. The van der Waals surface area contributed by atoms with Crippen LogP contribution in [0.4, 0.5) is 5.69 Å². The second kappa shape index (κ2) is 8.74. The second-order valence-corrected chi connectivity index (χ2v) is 7.70. The largest absolute Gasteiger partial charge is 0.497 e. The molecule has 5 heteroatoms. The molecule has 0 bridgehead atoms. The van der Waals surface area contributed by atoms with Gasteiger partial charge in [0, 0.05) is 16.2 Å². The average Bonchev–Trinajstić information content (AvgIpc) is 3.10. The molecule has 3 rings (SSSR count). The van der Waals surface area contributed by atoms with E-state index in [0.717, 1.165) is 42.1 Å². The fourth-order valence-electron chi connectivity index (χ4n) is 3.64. The van der Waals surface area contributed by atoms with Gasteiger partial charge in [0.05, 0.1) is 7.11 Å². The van der Waals surface area contributed by atoms with Crippen molar-refractivity contribution in [1.82, 2.24) is 5.32 Å². The van der Waals surface area contributed by atoms with E-state index in [2.05, 4.69) is 16.7 Å². The highest BCUT2D eigenvalue weighted by molar-refractivity contribution is 7.80. The molecule has 0 atom stereocenters. The average molecular weight is 389 g/mol. The van der Waals surface area contributed by atoms with Crippen LogP contribution in [0.5, 0.6) is 5.75 Å². The van der Waals surface area contributed by atoms with Crippen LogP contribution in [0, 0.1) is 0 Å². The van der Waals surface area contributed by atoms with Crippen molar-refractivity contribution in [2.75, 3.05) is 12.4 Å². The summed E-state index contributed by atoms with van der Waals surface area (Å²) in [6.45, 7) is 0. The Labute approximate surface area is 166 Å². The SMILES string of the molecule is COc1ccc(NC(=S)NC2(CCc3ccccc3Cl)CCCC2)cc1. The summed E-state index contributed by atoms with van der Waals surface area (Å²) >= 11 is 11.9. The Bertz CT molecular complexity index is 742. The number of rotatable bonds is 6. The predicted molar refractivity (Wildman–Crippen MR) is 113 cm³/mol. The molecule has 3 nitrogen and oxygen atoms in total. The van der Waals surface area contributed by atoms with Crippen molar-refractivity contribution in [3.05, 3.63) is 59.1 Å². The molecule has 0 aliphatic heterocycles. The number of nitrogens with one attached hydrogen (secondary N) is 2. The van der Waals surface area contributed by atoms with Gasteiger partial charge in [0.1, 0.15) is 5.75 Å². The van der Waals surface area contributed by atoms with Crippen LogP contribution in [0.15, 0.2) is 48.5 Å². The predicted octanol–water partition coefficient (Wildman–Crippen LogP) is 5.58. The Morgan fingerprint density at radius 1 is 1.12 bits per heavy atom. The van der Waals surface area contributed by atoms with Crippen LogP contribution in [-0.4, -0.2) is 17.8 Å². The number of aryl methyl sites for hydroxylation is 1. The summed E-state index contributed by atoms with van der Waals surface area (Å²) in [5.74, 6) is 0.835. The first-order chi connectivity index (χ1) is 12.6. The van der Waals surface area contributed by atoms with Crippen LogP contribution in [0.2, 0.25) is 5.02 Å². The minimum atomic E-state index is 0.0513. The smallest absolute Gasteiger partial charge is 0.171 e. The molecule has 0 saturated heterocycles. The monoisotopic (exact) mass is 388 g/mol. The molecule has 0 amide bonds. The maximum Gasteiger partial charge on any atom is 0.171 e. The third-order valence-corrected chi connectivity index (χ3v) is 5.69. The van der Waals surface area contributed by atoms with Crippen molar-refractivity contribution in [3.63, 3.8) is 0 Å². The molecule has 0 unspecified atom stereocenters. The molecule has 0 spiro atoms. The highest BCUT2D eigenvalue weighted by Gasteiger charge is 2.34. The van der Waals surface area contributed by atoms with Crippen molar-refractivity contribution in [2.24, 2.45) is 0 Å². The van der Waals surface area contributed by atoms with Gasteiger partial charge in [-0.15, -0.1) is 0 Å². The van der Waals surface area contributed by atoms with E-state index in [0.29, 0.717) is 5.11 Å². The Kier molecular flexibility index (Phi) is 6.38. The van der Waals surface area contributed by atoms with Crippen molar-refractivity contribution in [3.8, 4) is 5.75 Å². The zero-order valence-corrected chi connectivity index (χ0v) is 16.6. The van der Waals surface area contributed by atoms with Gasteiger partial charge in [0.15, 0.2) is 5.11 Å². The first kappa shape index (κ1) is 19.0. The summed E-state index contributed by atoms with van der Waals surface area (Å²) in [6.07, 6.45) is 6.74. The summed E-state index contributed by atoms with van der Waals surface area (Å²) in [4.78, 5) is 0.